The molecule has 20 heavy (non-hydrogen) atoms. The van der Waals surface area contributed by atoms with Crippen molar-refractivity contribution in [3.05, 3.63) is 28.9 Å². The fourth-order valence-corrected chi connectivity index (χ4v) is 2.66. The van der Waals surface area contributed by atoms with Gasteiger partial charge in [-0.3, -0.25) is 0 Å². The molecule has 0 fully saturated rings. The molecule has 0 saturated heterocycles. The second-order valence-electron chi connectivity index (χ2n) is 4.82. The second-order valence-corrected chi connectivity index (χ2v) is 4.82. The summed E-state index contributed by atoms with van der Waals surface area (Å²) in [4.78, 5) is 4.09. The molecule has 3 rings (SSSR count). The minimum absolute atomic E-state index is 0.136. The number of benzene rings is 1. The van der Waals surface area contributed by atoms with Crippen molar-refractivity contribution in [1.29, 1.82) is 0 Å². The van der Waals surface area contributed by atoms with Gasteiger partial charge in [0, 0.05) is 5.56 Å². The van der Waals surface area contributed by atoms with Crippen molar-refractivity contribution in [2.24, 2.45) is 5.73 Å². The van der Waals surface area contributed by atoms with Gasteiger partial charge in [-0.15, -0.1) is 0 Å². The fraction of sp³-hybridized carbons (Fsp3) is 0.429. The molecule has 0 aliphatic heterocycles. The number of nitrogens with zero attached hydrogens (tertiary/aromatic N) is 2. The molecule has 1 aromatic carbocycles. The summed E-state index contributed by atoms with van der Waals surface area (Å²) in [6, 6.07) is 1.64. The number of rotatable bonds is 3. The third-order valence-corrected chi connectivity index (χ3v) is 3.65. The molecule has 0 spiro atoms. The maximum absolute atomic E-state index is 14.7. The summed E-state index contributed by atoms with van der Waals surface area (Å²) in [6.07, 6.45) is 3.60. The molecule has 2 aromatic rings. The summed E-state index contributed by atoms with van der Waals surface area (Å²) in [5.41, 5.74) is 7.42. The fourth-order valence-electron chi connectivity index (χ4n) is 2.66. The number of halogens is 1. The van der Waals surface area contributed by atoms with Crippen molar-refractivity contribution in [3.8, 4) is 17.1 Å². The van der Waals surface area contributed by atoms with E-state index >= 15 is 0 Å². The minimum Gasteiger partial charge on any atom is -0.496 e. The molecule has 106 valence electrons. The first-order chi connectivity index (χ1) is 9.74. The maximum atomic E-state index is 14.7. The van der Waals surface area contributed by atoms with E-state index in [2.05, 4.69) is 10.1 Å². The molecular formula is C14H16FN3O2. The lowest BCUT2D eigenvalue weighted by molar-refractivity contribution is 0.380. The minimum atomic E-state index is -0.273. The number of hydrogen-bond donors (Lipinski definition) is 1. The lowest BCUT2D eigenvalue weighted by Crippen LogP contribution is -2.09. The zero-order valence-corrected chi connectivity index (χ0v) is 11.3. The summed E-state index contributed by atoms with van der Waals surface area (Å²) in [7, 11) is 1.59. The Balaban J connectivity index is 2.15. The van der Waals surface area contributed by atoms with E-state index in [4.69, 9.17) is 15.0 Å². The molecule has 0 saturated carbocycles. The number of ether oxygens (including phenoxy) is 1. The van der Waals surface area contributed by atoms with E-state index in [0.717, 1.165) is 24.8 Å². The van der Waals surface area contributed by atoms with E-state index in [1.165, 1.54) is 0 Å². The van der Waals surface area contributed by atoms with Gasteiger partial charge >= 0.3 is 0 Å². The monoisotopic (exact) mass is 277 g/mol. The topological polar surface area (TPSA) is 74.2 Å². The smallest absolute Gasteiger partial charge is 0.240 e. The third kappa shape index (κ3) is 2.06. The Bertz CT molecular complexity index is 640. The molecule has 0 atom stereocenters. The standard InChI is InChI=1S/C14H16FN3O2/c1-19-11-6-10(14-17-12(7-16)20-18-14)13(15)9-5-3-2-4-8(9)11/h6H,2-5,7,16H2,1H3. The predicted octanol–water partition coefficient (Wildman–Crippen LogP) is 2.22. The lowest BCUT2D eigenvalue weighted by atomic mass is 9.88. The molecule has 0 bridgehead atoms. The number of methoxy groups -OCH3 is 1. The van der Waals surface area contributed by atoms with Gasteiger partial charge in [-0.25, -0.2) is 4.39 Å². The van der Waals surface area contributed by atoms with E-state index in [-0.39, 0.29) is 24.1 Å². The SMILES string of the molecule is COc1cc(-c2noc(CN)n2)c(F)c2c1CCCC2. The van der Waals surface area contributed by atoms with E-state index in [0.29, 0.717) is 23.3 Å². The van der Waals surface area contributed by atoms with Crippen LogP contribution in [0, 0.1) is 5.82 Å². The van der Waals surface area contributed by atoms with Crippen molar-refractivity contribution in [2.75, 3.05) is 7.11 Å². The molecule has 2 N–H and O–H groups in total. The van der Waals surface area contributed by atoms with Crippen molar-refractivity contribution >= 4 is 0 Å². The molecule has 0 unspecified atom stereocenters. The summed E-state index contributed by atoms with van der Waals surface area (Å²) < 4.78 is 25.0. The van der Waals surface area contributed by atoms with Gasteiger partial charge in [-0.2, -0.15) is 4.98 Å². The van der Waals surface area contributed by atoms with Crippen molar-refractivity contribution < 1.29 is 13.7 Å². The maximum Gasteiger partial charge on any atom is 0.240 e. The number of nitrogens with two attached hydrogens (primary N) is 1. The first kappa shape index (κ1) is 13.1. The van der Waals surface area contributed by atoms with Crippen LogP contribution in [0.25, 0.3) is 11.4 Å². The van der Waals surface area contributed by atoms with Gasteiger partial charge in [0.1, 0.15) is 11.6 Å². The number of fused-ring (bicyclic) bond motifs is 1. The average Bonchev–Trinajstić information content (AvgIpc) is 2.97. The van der Waals surface area contributed by atoms with Crippen LogP contribution in [0.2, 0.25) is 0 Å². The zero-order chi connectivity index (χ0) is 14.1. The Morgan fingerprint density at radius 2 is 2.10 bits per heavy atom. The van der Waals surface area contributed by atoms with Gasteiger partial charge < -0.3 is 15.0 Å². The Morgan fingerprint density at radius 1 is 1.35 bits per heavy atom. The molecule has 6 heteroatoms. The van der Waals surface area contributed by atoms with Crippen LogP contribution >= 0.6 is 0 Å². The first-order valence-electron chi connectivity index (χ1n) is 6.66. The van der Waals surface area contributed by atoms with Crippen LogP contribution in [0.1, 0.15) is 29.9 Å². The van der Waals surface area contributed by atoms with Crippen molar-refractivity contribution in [1.82, 2.24) is 10.1 Å². The van der Waals surface area contributed by atoms with Crippen LogP contribution in [0.3, 0.4) is 0 Å². The average molecular weight is 277 g/mol. The number of aromatic nitrogens is 2. The highest BCUT2D eigenvalue weighted by atomic mass is 19.1. The third-order valence-electron chi connectivity index (χ3n) is 3.65. The normalized spacial score (nSPS) is 14.2. The molecule has 1 aliphatic rings. The van der Waals surface area contributed by atoms with Gasteiger partial charge in [-0.1, -0.05) is 5.16 Å². The second kappa shape index (κ2) is 5.20. The van der Waals surface area contributed by atoms with Gasteiger partial charge in [-0.05, 0) is 37.3 Å². The molecule has 1 heterocycles. The molecule has 0 radical (unpaired) electrons. The number of hydrogen-bond acceptors (Lipinski definition) is 5. The van der Waals surface area contributed by atoms with E-state index in [1.807, 2.05) is 0 Å². The highest BCUT2D eigenvalue weighted by molar-refractivity contribution is 5.63. The summed E-state index contributed by atoms with van der Waals surface area (Å²) in [5, 5.41) is 3.78. The van der Waals surface area contributed by atoms with E-state index < -0.39 is 0 Å². The summed E-state index contributed by atoms with van der Waals surface area (Å²) in [6.45, 7) is 0.136. The first-order valence-corrected chi connectivity index (χ1v) is 6.66. The van der Waals surface area contributed by atoms with Crippen LogP contribution < -0.4 is 10.5 Å². The molecule has 0 amide bonds. The van der Waals surface area contributed by atoms with E-state index in [9.17, 15) is 4.39 Å². The van der Waals surface area contributed by atoms with Gasteiger partial charge in [0.15, 0.2) is 0 Å². The predicted molar refractivity (Wildman–Crippen MR) is 70.8 cm³/mol. The van der Waals surface area contributed by atoms with Crippen LogP contribution in [-0.4, -0.2) is 17.3 Å². The highest BCUT2D eigenvalue weighted by Gasteiger charge is 2.24. The Morgan fingerprint density at radius 3 is 2.75 bits per heavy atom. The van der Waals surface area contributed by atoms with Crippen LogP contribution in [0.4, 0.5) is 4.39 Å². The molecular weight excluding hydrogens is 261 g/mol. The van der Waals surface area contributed by atoms with Crippen LogP contribution in [0.5, 0.6) is 5.75 Å². The van der Waals surface area contributed by atoms with Gasteiger partial charge in [0.25, 0.3) is 0 Å². The van der Waals surface area contributed by atoms with Gasteiger partial charge in [0.2, 0.25) is 11.7 Å². The summed E-state index contributed by atoms with van der Waals surface area (Å²) in [5.74, 6) is 0.922. The lowest BCUT2D eigenvalue weighted by Gasteiger charge is -2.20. The highest BCUT2D eigenvalue weighted by Crippen LogP contribution is 2.36. The van der Waals surface area contributed by atoms with Crippen LogP contribution in [-0.2, 0) is 19.4 Å². The van der Waals surface area contributed by atoms with Gasteiger partial charge in [0.05, 0.1) is 19.2 Å². The Labute approximate surface area is 115 Å². The molecule has 5 nitrogen and oxygen atoms in total. The largest absolute Gasteiger partial charge is 0.496 e. The quantitative estimate of drug-likeness (QED) is 0.931. The van der Waals surface area contributed by atoms with Crippen LogP contribution in [0.15, 0.2) is 10.6 Å². The molecule has 1 aromatic heterocycles. The zero-order valence-electron chi connectivity index (χ0n) is 11.3. The van der Waals surface area contributed by atoms with Crippen molar-refractivity contribution in [3.63, 3.8) is 0 Å². The Hall–Kier alpha value is -1.95. The Kier molecular flexibility index (Phi) is 3.40. The molecule has 1 aliphatic carbocycles. The van der Waals surface area contributed by atoms with E-state index in [1.54, 1.807) is 13.2 Å². The van der Waals surface area contributed by atoms with Crippen molar-refractivity contribution in [2.45, 2.75) is 32.2 Å². The summed E-state index contributed by atoms with van der Waals surface area (Å²) >= 11 is 0.